The van der Waals surface area contributed by atoms with Crippen LogP contribution in [0, 0.1) is 0 Å². The number of likely N-dealkylation sites (N-methyl/N-ethyl adjacent to an activating group) is 1. The van der Waals surface area contributed by atoms with E-state index in [1.54, 1.807) is 6.26 Å². The summed E-state index contributed by atoms with van der Waals surface area (Å²) in [5, 5.41) is 1.09. The van der Waals surface area contributed by atoms with E-state index in [1.807, 2.05) is 36.2 Å². The quantitative estimate of drug-likeness (QED) is 0.758. The predicted octanol–water partition coefficient (Wildman–Crippen LogP) is 2.04. The van der Waals surface area contributed by atoms with Crippen LogP contribution >= 0.6 is 0 Å². The van der Waals surface area contributed by atoms with Gasteiger partial charge in [-0.05, 0) is 13.1 Å². The van der Waals surface area contributed by atoms with Crippen LogP contribution in [0.2, 0.25) is 0 Å². The summed E-state index contributed by atoms with van der Waals surface area (Å²) in [7, 11) is 3.27. The number of hydrogen-bond donors (Lipinski definition) is 0. The van der Waals surface area contributed by atoms with E-state index >= 15 is 0 Å². The van der Waals surface area contributed by atoms with Gasteiger partial charge in [-0.2, -0.15) is 0 Å². The number of carbonyl (C=O) groups is 1. The van der Waals surface area contributed by atoms with Crippen LogP contribution in [0.1, 0.15) is 5.56 Å². The number of nitrogens with zero attached hydrogens (tertiary/aromatic N) is 1. The van der Waals surface area contributed by atoms with Crippen LogP contribution in [0.15, 0.2) is 34.9 Å². The highest BCUT2D eigenvalue weighted by atomic mass is 16.5. The van der Waals surface area contributed by atoms with Gasteiger partial charge >= 0.3 is 5.97 Å². The Labute approximate surface area is 99.8 Å². The zero-order valence-electron chi connectivity index (χ0n) is 9.97. The molecule has 0 bridgehead atoms. The summed E-state index contributed by atoms with van der Waals surface area (Å²) in [6, 6.07) is 7.86. The molecule has 0 saturated heterocycles. The highest BCUT2D eigenvalue weighted by Gasteiger charge is 2.10. The Morgan fingerprint density at radius 1 is 1.41 bits per heavy atom. The van der Waals surface area contributed by atoms with E-state index in [-0.39, 0.29) is 12.5 Å². The molecule has 4 heteroatoms. The highest BCUT2D eigenvalue weighted by Crippen LogP contribution is 2.21. The highest BCUT2D eigenvalue weighted by molar-refractivity contribution is 5.80. The number of furan rings is 1. The zero-order chi connectivity index (χ0) is 12.3. The van der Waals surface area contributed by atoms with Crippen LogP contribution in [0.3, 0.4) is 0 Å². The number of para-hydroxylation sites is 1. The average molecular weight is 233 g/mol. The fourth-order valence-corrected chi connectivity index (χ4v) is 1.79. The first-order valence-corrected chi connectivity index (χ1v) is 5.41. The third-order valence-electron chi connectivity index (χ3n) is 2.63. The molecule has 1 heterocycles. The van der Waals surface area contributed by atoms with Gasteiger partial charge in [-0.15, -0.1) is 0 Å². The van der Waals surface area contributed by atoms with Crippen LogP contribution in [0.4, 0.5) is 0 Å². The fourth-order valence-electron chi connectivity index (χ4n) is 1.79. The Morgan fingerprint density at radius 2 is 2.18 bits per heavy atom. The van der Waals surface area contributed by atoms with E-state index in [1.165, 1.54) is 7.11 Å². The summed E-state index contributed by atoms with van der Waals surface area (Å²) in [5.41, 5.74) is 1.95. The Morgan fingerprint density at radius 3 is 2.94 bits per heavy atom. The molecule has 0 unspecified atom stereocenters. The first-order chi connectivity index (χ1) is 8.20. The molecule has 1 aromatic heterocycles. The van der Waals surface area contributed by atoms with Gasteiger partial charge in [-0.3, -0.25) is 9.69 Å². The molecular formula is C13H15NO3. The summed E-state index contributed by atoms with van der Waals surface area (Å²) < 4.78 is 10.1. The predicted molar refractivity (Wildman–Crippen MR) is 64.6 cm³/mol. The van der Waals surface area contributed by atoms with Gasteiger partial charge in [0.2, 0.25) is 0 Å². The molecule has 2 aromatic rings. The minimum Gasteiger partial charge on any atom is -0.468 e. The third kappa shape index (κ3) is 2.65. The maximum absolute atomic E-state index is 11.1. The van der Waals surface area contributed by atoms with Gasteiger partial charge in [0, 0.05) is 17.5 Å². The Kier molecular flexibility index (Phi) is 3.44. The number of hydrogen-bond acceptors (Lipinski definition) is 4. The summed E-state index contributed by atoms with van der Waals surface area (Å²) in [4.78, 5) is 13.0. The number of benzene rings is 1. The third-order valence-corrected chi connectivity index (χ3v) is 2.63. The molecule has 4 nitrogen and oxygen atoms in total. The summed E-state index contributed by atoms with van der Waals surface area (Å²) >= 11 is 0. The number of carbonyl (C=O) groups excluding carboxylic acids is 1. The number of esters is 1. The van der Waals surface area contributed by atoms with Crippen molar-refractivity contribution in [3.63, 3.8) is 0 Å². The molecule has 17 heavy (non-hydrogen) atoms. The standard InChI is InChI=1S/C13H15NO3/c1-14(8-13(15)16-2)7-10-9-17-12-6-4-3-5-11(10)12/h3-6,9H,7-8H2,1-2H3. The lowest BCUT2D eigenvalue weighted by Crippen LogP contribution is -2.26. The second-order valence-corrected chi connectivity index (χ2v) is 4.01. The largest absolute Gasteiger partial charge is 0.468 e. The van der Waals surface area contributed by atoms with Gasteiger partial charge < -0.3 is 9.15 Å². The molecule has 1 aromatic carbocycles. The molecule has 0 spiro atoms. The number of rotatable bonds is 4. The number of fused-ring (bicyclic) bond motifs is 1. The van der Waals surface area contributed by atoms with Crippen molar-refractivity contribution in [2.24, 2.45) is 0 Å². The van der Waals surface area contributed by atoms with Gasteiger partial charge in [0.15, 0.2) is 0 Å². The van der Waals surface area contributed by atoms with Crippen molar-refractivity contribution in [3.8, 4) is 0 Å². The first-order valence-electron chi connectivity index (χ1n) is 5.41. The van der Waals surface area contributed by atoms with Crippen molar-refractivity contribution >= 4 is 16.9 Å². The summed E-state index contributed by atoms with van der Waals surface area (Å²) in [6.07, 6.45) is 1.73. The lowest BCUT2D eigenvalue weighted by molar-refractivity contribution is -0.141. The van der Waals surface area contributed by atoms with Crippen LogP contribution in [0.25, 0.3) is 11.0 Å². The van der Waals surface area contributed by atoms with Gasteiger partial charge in [0.1, 0.15) is 5.58 Å². The fraction of sp³-hybridized carbons (Fsp3) is 0.308. The smallest absolute Gasteiger partial charge is 0.319 e. The normalized spacial score (nSPS) is 11.0. The van der Waals surface area contributed by atoms with Gasteiger partial charge in [0.25, 0.3) is 0 Å². The molecule has 0 saturated carbocycles. The monoisotopic (exact) mass is 233 g/mol. The second kappa shape index (κ2) is 5.01. The van der Waals surface area contributed by atoms with E-state index in [2.05, 4.69) is 4.74 Å². The molecule has 2 rings (SSSR count). The second-order valence-electron chi connectivity index (χ2n) is 4.01. The molecule has 0 amide bonds. The van der Waals surface area contributed by atoms with E-state index in [0.29, 0.717) is 6.54 Å². The number of ether oxygens (including phenoxy) is 1. The zero-order valence-corrected chi connectivity index (χ0v) is 9.97. The molecule has 90 valence electrons. The van der Waals surface area contributed by atoms with Gasteiger partial charge in [-0.25, -0.2) is 0 Å². The number of methoxy groups -OCH3 is 1. The first kappa shape index (κ1) is 11.7. The van der Waals surface area contributed by atoms with Crippen molar-refractivity contribution in [3.05, 3.63) is 36.1 Å². The van der Waals surface area contributed by atoms with Crippen molar-refractivity contribution in [2.45, 2.75) is 6.54 Å². The lowest BCUT2D eigenvalue weighted by Gasteiger charge is -2.13. The molecular weight excluding hydrogens is 218 g/mol. The lowest BCUT2D eigenvalue weighted by atomic mass is 10.2. The minimum atomic E-state index is -0.236. The van der Waals surface area contributed by atoms with E-state index in [0.717, 1.165) is 16.5 Å². The van der Waals surface area contributed by atoms with Gasteiger partial charge in [-0.1, -0.05) is 18.2 Å². The Balaban J connectivity index is 2.10. The van der Waals surface area contributed by atoms with Crippen molar-refractivity contribution in [2.75, 3.05) is 20.7 Å². The molecule has 0 aliphatic carbocycles. The van der Waals surface area contributed by atoms with Crippen LogP contribution in [0.5, 0.6) is 0 Å². The SMILES string of the molecule is COC(=O)CN(C)Cc1coc2ccccc12. The van der Waals surface area contributed by atoms with E-state index in [4.69, 9.17) is 4.42 Å². The average Bonchev–Trinajstić information content (AvgIpc) is 2.72. The van der Waals surface area contributed by atoms with Crippen molar-refractivity contribution in [1.82, 2.24) is 4.90 Å². The summed E-state index contributed by atoms with van der Waals surface area (Å²) in [6.45, 7) is 0.933. The maximum Gasteiger partial charge on any atom is 0.319 e. The molecule has 0 aliphatic heterocycles. The molecule has 0 atom stereocenters. The van der Waals surface area contributed by atoms with E-state index < -0.39 is 0 Å². The van der Waals surface area contributed by atoms with Crippen LogP contribution in [-0.4, -0.2) is 31.6 Å². The van der Waals surface area contributed by atoms with E-state index in [9.17, 15) is 4.79 Å². The minimum absolute atomic E-state index is 0.236. The van der Waals surface area contributed by atoms with Crippen LogP contribution < -0.4 is 0 Å². The molecule has 0 radical (unpaired) electrons. The maximum atomic E-state index is 11.1. The van der Waals surface area contributed by atoms with Gasteiger partial charge in [0.05, 0.1) is 19.9 Å². The van der Waals surface area contributed by atoms with Crippen LogP contribution in [-0.2, 0) is 16.1 Å². The molecule has 0 N–H and O–H groups in total. The van der Waals surface area contributed by atoms with Crippen molar-refractivity contribution < 1.29 is 13.9 Å². The molecule has 0 aliphatic rings. The Bertz CT molecular complexity index is 518. The molecule has 0 fully saturated rings. The Hall–Kier alpha value is -1.81. The topological polar surface area (TPSA) is 42.7 Å². The van der Waals surface area contributed by atoms with Crippen molar-refractivity contribution in [1.29, 1.82) is 0 Å². The summed E-state index contributed by atoms with van der Waals surface area (Å²) in [5.74, 6) is -0.236.